The van der Waals surface area contributed by atoms with E-state index in [4.69, 9.17) is 5.73 Å². The van der Waals surface area contributed by atoms with Crippen LogP contribution in [0.15, 0.2) is 0 Å². The lowest BCUT2D eigenvalue weighted by atomic mass is 10.0. The van der Waals surface area contributed by atoms with Gasteiger partial charge < -0.3 is 10.6 Å². The number of rotatable bonds is 2. The Morgan fingerprint density at radius 3 is 2.53 bits per heavy atom. The Balaban J connectivity index is 1.49. The summed E-state index contributed by atoms with van der Waals surface area (Å²) < 4.78 is 0. The molecule has 4 rings (SSSR count). The maximum atomic E-state index is 12.6. The first-order valence-corrected chi connectivity index (χ1v) is 7.32. The highest BCUT2D eigenvalue weighted by Gasteiger charge is 2.68. The monoisotopic (exact) mass is 234 g/mol. The van der Waals surface area contributed by atoms with E-state index in [-0.39, 0.29) is 0 Å². The second-order valence-corrected chi connectivity index (χ2v) is 6.58. The molecule has 4 aliphatic rings. The summed E-state index contributed by atoms with van der Waals surface area (Å²) in [4.78, 5) is 14.7. The molecule has 1 amide bonds. The van der Waals surface area contributed by atoms with E-state index in [1.807, 2.05) is 0 Å². The van der Waals surface area contributed by atoms with Crippen LogP contribution >= 0.6 is 0 Å². The summed E-state index contributed by atoms with van der Waals surface area (Å²) in [5, 5.41) is 0. The third kappa shape index (κ3) is 1.29. The molecular weight excluding hydrogens is 212 g/mol. The highest BCUT2D eigenvalue weighted by atomic mass is 16.2. The molecule has 5 unspecified atom stereocenters. The van der Waals surface area contributed by atoms with Crippen LogP contribution in [0.3, 0.4) is 0 Å². The van der Waals surface area contributed by atoms with Crippen molar-refractivity contribution in [2.45, 2.75) is 38.1 Å². The number of hydrogen-bond donors (Lipinski definition) is 1. The zero-order chi connectivity index (χ0) is 11.6. The molecule has 2 bridgehead atoms. The van der Waals surface area contributed by atoms with Gasteiger partial charge in [-0.25, -0.2) is 0 Å². The zero-order valence-electron chi connectivity index (χ0n) is 10.3. The first kappa shape index (κ1) is 10.4. The number of nitrogens with two attached hydrogens (primary N) is 1. The number of likely N-dealkylation sites (tertiary alicyclic amines) is 1. The van der Waals surface area contributed by atoms with Crippen molar-refractivity contribution in [2.24, 2.45) is 35.3 Å². The summed E-state index contributed by atoms with van der Waals surface area (Å²) in [6, 6.07) is 0.349. The number of nitrogens with zero attached hydrogens (tertiary/aromatic N) is 1. The lowest BCUT2D eigenvalue weighted by molar-refractivity contribution is -0.134. The van der Waals surface area contributed by atoms with Crippen molar-refractivity contribution in [3.63, 3.8) is 0 Å². The molecule has 0 aromatic carbocycles. The predicted molar refractivity (Wildman–Crippen MR) is 65.1 cm³/mol. The quantitative estimate of drug-likeness (QED) is 0.781. The fourth-order valence-electron chi connectivity index (χ4n) is 5.22. The third-order valence-corrected chi connectivity index (χ3v) is 5.95. The van der Waals surface area contributed by atoms with Gasteiger partial charge in [-0.3, -0.25) is 4.79 Å². The summed E-state index contributed by atoms with van der Waals surface area (Å²) in [6.45, 7) is 1.62. The van der Waals surface area contributed by atoms with E-state index < -0.39 is 0 Å². The van der Waals surface area contributed by atoms with Gasteiger partial charge in [0.15, 0.2) is 0 Å². The van der Waals surface area contributed by atoms with Gasteiger partial charge in [-0.2, -0.15) is 0 Å². The average Bonchev–Trinajstić information content (AvgIpc) is 2.78. The van der Waals surface area contributed by atoms with Crippen molar-refractivity contribution >= 4 is 5.91 Å². The van der Waals surface area contributed by atoms with E-state index in [0.29, 0.717) is 24.4 Å². The van der Waals surface area contributed by atoms with E-state index in [1.165, 1.54) is 19.3 Å². The summed E-state index contributed by atoms with van der Waals surface area (Å²) in [5.74, 6) is 4.23. The fourth-order valence-corrected chi connectivity index (χ4v) is 5.22. The predicted octanol–water partition coefficient (Wildman–Crippen LogP) is 1.23. The summed E-state index contributed by atoms with van der Waals surface area (Å²) in [5.41, 5.74) is 5.77. The Labute approximate surface area is 103 Å². The largest absolute Gasteiger partial charge is 0.338 e. The third-order valence-electron chi connectivity index (χ3n) is 5.95. The second kappa shape index (κ2) is 3.47. The molecule has 3 aliphatic carbocycles. The molecule has 2 N–H and O–H groups in total. The average molecular weight is 234 g/mol. The highest BCUT2D eigenvalue weighted by Crippen LogP contribution is 2.69. The van der Waals surface area contributed by atoms with E-state index in [9.17, 15) is 4.79 Å². The van der Waals surface area contributed by atoms with Crippen LogP contribution in [0.1, 0.15) is 32.1 Å². The standard InChI is InChI=1S/C14H22N2O/c15-7-10-2-1-5-16(10)14(17)13-11-8-3-4-9(6-8)12(11)13/h8-13H,1-7,15H2. The summed E-state index contributed by atoms with van der Waals surface area (Å²) >= 11 is 0. The van der Waals surface area contributed by atoms with Crippen LogP contribution in [0, 0.1) is 29.6 Å². The Hall–Kier alpha value is -0.570. The first-order valence-electron chi connectivity index (χ1n) is 7.32. The Bertz CT molecular complexity index is 340. The number of amides is 1. The molecule has 1 aliphatic heterocycles. The van der Waals surface area contributed by atoms with Crippen molar-refractivity contribution in [1.29, 1.82) is 0 Å². The van der Waals surface area contributed by atoms with Crippen molar-refractivity contribution < 1.29 is 4.79 Å². The maximum Gasteiger partial charge on any atom is 0.226 e. The van der Waals surface area contributed by atoms with Crippen LogP contribution in [-0.4, -0.2) is 29.9 Å². The van der Waals surface area contributed by atoms with Gasteiger partial charge in [0.05, 0.1) is 0 Å². The van der Waals surface area contributed by atoms with Crippen LogP contribution < -0.4 is 5.73 Å². The molecule has 0 spiro atoms. The molecule has 3 nitrogen and oxygen atoms in total. The van der Waals surface area contributed by atoms with Gasteiger partial charge in [0.25, 0.3) is 0 Å². The normalized spacial score (nSPS) is 50.8. The van der Waals surface area contributed by atoms with Crippen LogP contribution in [-0.2, 0) is 4.79 Å². The SMILES string of the molecule is NCC1CCCN1C(=O)C1C2C3CCC(C3)C12. The van der Waals surface area contributed by atoms with Gasteiger partial charge in [0, 0.05) is 25.0 Å². The molecule has 3 heteroatoms. The number of hydrogen-bond acceptors (Lipinski definition) is 2. The summed E-state index contributed by atoms with van der Waals surface area (Å²) in [6.07, 6.45) is 6.50. The molecular formula is C14H22N2O. The minimum Gasteiger partial charge on any atom is -0.338 e. The van der Waals surface area contributed by atoms with Gasteiger partial charge in [-0.05, 0) is 55.8 Å². The smallest absolute Gasteiger partial charge is 0.226 e. The molecule has 4 fully saturated rings. The summed E-state index contributed by atoms with van der Waals surface area (Å²) in [7, 11) is 0. The molecule has 0 aromatic heterocycles. The first-order chi connectivity index (χ1) is 8.31. The molecule has 0 radical (unpaired) electrons. The fraction of sp³-hybridized carbons (Fsp3) is 0.929. The molecule has 94 valence electrons. The zero-order valence-corrected chi connectivity index (χ0v) is 10.3. The lowest BCUT2D eigenvalue weighted by Crippen LogP contribution is -2.41. The van der Waals surface area contributed by atoms with Gasteiger partial charge >= 0.3 is 0 Å². The van der Waals surface area contributed by atoms with E-state index in [1.54, 1.807) is 0 Å². The van der Waals surface area contributed by atoms with E-state index in [0.717, 1.165) is 43.1 Å². The van der Waals surface area contributed by atoms with E-state index >= 15 is 0 Å². The van der Waals surface area contributed by atoms with Crippen molar-refractivity contribution in [1.82, 2.24) is 4.90 Å². The van der Waals surface area contributed by atoms with Crippen molar-refractivity contribution in [3.8, 4) is 0 Å². The van der Waals surface area contributed by atoms with Gasteiger partial charge in [-0.1, -0.05) is 0 Å². The molecule has 1 heterocycles. The van der Waals surface area contributed by atoms with Crippen molar-refractivity contribution in [3.05, 3.63) is 0 Å². The topological polar surface area (TPSA) is 46.3 Å². The number of fused-ring (bicyclic) bond motifs is 5. The number of carbonyl (C=O) groups excluding carboxylic acids is 1. The molecule has 5 atom stereocenters. The molecule has 1 saturated heterocycles. The van der Waals surface area contributed by atoms with E-state index in [2.05, 4.69) is 4.90 Å². The van der Waals surface area contributed by atoms with Crippen LogP contribution in [0.25, 0.3) is 0 Å². The molecule has 3 saturated carbocycles. The van der Waals surface area contributed by atoms with Crippen LogP contribution in [0.2, 0.25) is 0 Å². The Morgan fingerprint density at radius 2 is 1.88 bits per heavy atom. The van der Waals surface area contributed by atoms with Crippen LogP contribution in [0.5, 0.6) is 0 Å². The minimum absolute atomic E-state index is 0.349. The van der Waals surface area contributed by atoms with Gasteiger partial charge in [0.2, 0.25) is 5.91 Å². The maximum absolute atomic E-state index is 12.6. The second-order valence-electron chi connectivity index (χ2n) is 6.58. The minimum atomic E-state index is 0.349. The lowest BCUT2D eigenvalue weighted by Gasteiger charge is -2.24. The van der Waals surface area contributed by atoms with Gasteiger partial charge in [-0.15, -0.1) is 0 Å². The molecule has 17 heavy (non-hydrogen) atoms. The molecule has 0 aromatic rings. The Morgan fingerprint density at radius 1 is 1.18 bits per heavy atom. The highest BCUT2D eigenvalue weighted by molar-refractivity contribution is 5.83. The van der Waals surface area contributed by atoms with Gasteiger partial charge in [0.1, 0.15) is 0 Å². The van der Waals surface area contributed by atoms with Crippen LogP contribution in [0.4, 0.5) is 0 Å². The van der Waals surface area contributed by atoms with Crippen molar-refractivity contribution in [2.75, 3.05) is 13.1 Å². The number of carbonyl (C=O) groups is 1. The Kier molecular flexibility index (Phi) is 2.11.